The van der Waals surface area contributed by atoms with Crippen molar-refractivity contribution in [1.29, 1.82) is 0 Å². The Morgan fingerprint density at radius 1 is 1.10 bits per heavy atom. The lowest BCUT2D eigenvalue weighted by atomic mass is 10.0. The molecular weight excluding hydrogens is 426 g/mol. The molecule has 4 rings (SSSR count). The molecule has 31 heavy (non-hydrogen) atoms. The van der Waals surface area contributed by atoms with Gasteiger partial charge < -0.3 is 15.2 Å². The van der Waals surface area contributed by atoms with E-state index in [1.807, 2.05) is 43.3 Å². The van der Waals surface area contributed by atoms with Gasteiger partial charge in [0.05, 0.1) is 5.69 Å². The first-order valence-electron chi connectivity index (χ1n) is 10.2. The number of nitrogens with zero attached hydrogens (tertiary/aromatic N) is 4. The molecule has 1 atom stereocenters. The Morgan fingerprint density at radius 3 is 2.45 bits per heavy atom. The maximum absolute atomic E-state index is 12.9. The second kappa shape index (κ2) is 9.21. The summed E-state index contributed by atoms with van der Waals surface area (Å²) in [6.45, 7) is 2.09. The number of nitrogens with two attached hydrogens (primary N) is 1. The minimum absolute atomic E-state index is 0.576. The van der Waals surface area contributed by atoms with Gasteiger partial charge in [0.1, 0.15) is 16.3 Å². The molecule has 0 fully saturated rings. The van der Waals surface area contributed by atoms with E-state index >= 15 is 0 Å². The molecule has 2 N–H and O–H groups in total. The Balaban J connectivity index is 1.89. The quantitative estimate of drug-likeness (QED) is 0.399. The number of thiophene rings is 1. The Kier molecular flexibility index (Phi) is 6.41. The highest BCUT2D eigenvalue weighted by molar-refractivity contribution is 7.93. The van der Waals surface area contributed by atoms with E-state index in [4.69, 9.17) is 10.7 Å². The maximum Gasteiger partial charge on any atom is 0.232 e. The predicted octanol–water partition coefficient (Wildman–Crippen LogP) is 4.98. The van der Waals surface area contributed by atoms with Gasteiger partial charge in [-0.05, 0) is 34.8 Å². The average Bonchev–Trinajstić information content (AvgIpc) is 3.14. The van der Waals surface area contributed by atoms with Gasteiger partial charge in [0, 0.05) is 37.4 Å². The van der Waals surface area contributed by atoms with Crippen LogP contribution in [0.15, 0.2) is 53.0 Å². The maximum atomic E-state index is 12.9. The summed E-state index contributed by atoms with van der Waals surface area (Å²) in [5.41, 5.74) is 10.7. The first kappa shape index (κ1) is 21.5. The third kappa shape index (κ3) is 4.37. The SMILES string of the molecule is CCCC[S+]([O-])c1sc2nc(-c3cnc(N(C)C)nc3)cc(-c3ccccc3)c2c1N. The van der Waals surface area contributed by atoms with Gasteiger partial charge in [-0.2, -0.15) is 0 Å². The van der Waals surface area contributed by atoms with Crippen LogP contribution in [0.5, 0.6) is 0 Å². The fourth-order valence-electron chi connectivity index (χ4n) is 3.32. The molecule has 0 saturated carbocycles. The Hall–Kier alpha value is -2.68. The molecule has 0 saturated heterocycles. The fourth-order valence-corrected chi connectivity index (χ4v) is 6.11. The topological polar surface area (TPSA) is 91.0 Å². The molecule has 0 bridgehead atoms. The number of rotatable bonds is 7. The molecule has 3 heterocycles. The van der Waals surface area contributed by atoms with Crippen LogP contribution in [0.3, 0.4) is 0 Å². The van der Waals surface area contributed by atoms with Gasteiger partial charge in [-0.1, -0.05) is 55.0 Å². The lowest BCUT2D eigenvalue weighted by molar-refractivity contribution is 0.594. The van der Waals surface area contributed by atoms with Gasteiger partial charge >= 0.3 is 0 Å². The van der Waals surface area contributed by atoms with E-state index in [-0.39, 0.29) is 0 Å². The van der Waals surface area contributed by atoms with Crippen molar-refractivity contribution in [2.75, 3.05) is 30.5 Å². The average molecular weight is 452 g/mol. The third-order valence-corrected chi connectivity index (χ3v) is 7.97. The van der Waals surface area contributed by atoms with Gasteiger partial charge in [0.15, 0.2) is 0 Å². The first-order chi connectivity index (χ1) is 15.0. The number of nitrogen functional groups attached to an aromatic ring is 1. The molecule has 6 nitrogen and oxygen atoms in total. The fraction of sp³-hybridized carbons (Fsp3) is 0.261. The van der Waals surface area contributed by atoms with Crippen LogP contribution in [0.1, 0.15) is 19.8 Å². The van der Waals surface area contributed by atoms with Crippen molar-refractivity contribution in [2.24, 2.45) is 0 Å². The first-order valence-corrected chi connectivity index (χ1v) is 12.3. The van der Waals surface area contributed by atoms with Gasteiger partial charge in [-0.3, -0.25) is 0 Å². The van der Waals surface area contributed by atoms with Crippen LogP contribution in [-0.4, -0.2) is 39.4 Å². The molecule has 0 aliphatic carbocycles. The summed E-state index contributed by atoms with van der Waals surface area (Å²) in [4.78, 5) is 16.4. The number of aromatic nitrogens is 3. The number of fused-ring (bicyclic) bond motifs is 1. The van der Waals surface area contributed by atoms with Gasteiger partial charge in [-0.25, -0.2) is 15.0 Å². The van der Waals surface area contributed by atoms with E-state index < -0.39 is 11.2 Å². The summed E-state index contributed by atoms with van der Waals surface area (Å²) in [5, 5.41) is 0.866. The highest BCUT2D eigenvalue weighted by Crippen LogP contribution is 2.43. The Bertz CT molecular complexity index is 1180. The highest BCUT2D eigenvalue weighted by atomic mass is 32.2. The van der Waals surface area contributed by atoms with Crippen LogP contribution in [0, 0.1) is 0 Å². The van der Waals surface area contributed by atoms with Crippen molar-refractivity contribution in [3.8, 4) is 22.4 Å². The third-order valence-electron chi connectivity index (χ3n) is 4.97. The minimum atomic E-state index is -1.13. The van der Waals surface area contributed by atoms with Crippen molar-refractivity contribution >= 4 is 44.4 Å². The summed E-state index contributed by atoms with van der Waals surface area (Å²) in [5.74, 6) is 1.25. The van der Waals surface area contributed by atoms with Crippen LogP contribution < -0.4 is 10.6 Å². The second-order valence-electron chi connectivity index (χ2n) is 7.47. The molecule has 1 aromatic carbocycles. The molecule has 0 aliphatic rings. The van der Waals surface area contributed by atoms with E-state index in [2.05, 4.69) is 29.0 Å². The summed E-state index contributed by atoms with van der Waals surface area (Å²) in [6, 6.07) is 12.1. The highest BCUT2D eigenvalue weighted by Gasteiger charge is 2.24. The molecule has 0 radical (unpaired) electrons. The molecule has 0 spiro atoms. The van der Waals surface area contributed by atoms with Gasteiger partial charge in [-0.15, -0.1) is 0 Å². The number of benzene rings is 1. The van der Waals surface area contributed by atoms with Gasteiger partial charge in [0.2, 0.25) is 10.2 Å². The van der Waals surface area contributed by atoms with E-state index in [1.54, 1.807) is 12.4 Å². The number of hydrogen-bond acceptors (Lipinski definition) is 7. The summed E-state index contributed by atoms with van der Waals surface area (Å²) in [7, 11) is 3.81. The molecule has 1 unspecified atom stereocenters. The van der Waals surface area contributed by atoms with Crippen molar-refractivity contribution in [2.45, 2.75) is 24.0 Å². The zero-order valence-corrected chi connectivity index (χ0v) is 19.5. The molecule has 160 valence electrons. The number of hydrogen-bond donors (Lipinski definition) is 1. The predicted molar refractivity (Wildman–Crippen MR) is 131 cm³/mol. The van der Waals surface area contributed by atoms with Crippen LogP contribution in [-0.2, 0) is 11.2 Å². The van der Waals surface area contributed by atoms with Crippen molar-refractivity contribution < 1.29 is 4.55 Å². The van der Waals surface area contributed by atoms with E-state index in [1.165, 1.54) is 11.3 Å². The van der Waals surface area contributed by atoms with Crippen LogP contribution in [0.4, 0.5) is 11.6 Å². The van der Waals surface area contributed by atoms with E-state index in [9.17, 15) is 4.55 Å². The smallest absolute Gasteiger partial charge is 0.232 e. The lowest BCUT2D eigenvalue weighted by Gasteiger charge is -2.11. The van der Waals surface area contributed by atoms with Gasteiger partial charge in [0.25, 0.3) is 0 Å². The standard InChI is InChI=1S/C23H25N5OS2/c1-4-5-11-31(29)22-20(24)19-17(15-9-7-6-8-10-15)12-18(27-21(19)30-22)16-13-25-23(26-14-16)28(2)3/h6-10,12-14H,4-5,11,24H2,1-3H3. The monoisotopic (exact) mass is 451 g/mol. The van der Waals surface area contributed by atoms with E-state index in [0.29, 0.717) is 21.6 Å². The van der Waals surface area contributed by atoms with E-state index in [0.717, 1.165) is 45.4 Å². The molecule has 0 amide bonds. The summed E-state index contributed by atoms with van der Waals surface area (Å²) < 4.78 is 13.6. The normalized spacial score (nSPS) is 12.3. The van der Waals surface area contributed by atoms with Crippen LogP contribution >= 0.6 is 11.3 Å². The van der Waals surface area contributed by atoms with Crippen LogP contribution in [0.2, 0.25) is 0 Å². The molecule has 3 aromatic heterocycles. The Labute approximate surface area is 189 Å². The number of anilines is 2. The minimum Gasteiger partial charge on any atom is -0.611 e. The number of unbranched alkanes of at least 4 members (excludes halogenated alkanes) is 1. The van der Waals surface area contributed by atoms with Crippen molar-refractivity contribution in [3.05, 3.63) is 48.8 Å². The molecule has 8 heteroatoms. The molecule has 4 aromatic rings. The molecular formula is C23H25N5OS2. The molecule has 0 aliphatic heterocycles. The largest absolute Gasteiger partial charge is 0.611 e. The lowest BCUT2D eigenvalue weighted by Crippen LogP contribution is -2.12. The van der Waals surface area contributed by atoms with Crippen molar-refractivity contribution in [1.82, 2.24) is 15.0 Å². The summed E-state index contributed by atoms with van der Waals surface area (Å²) in [6.07, 6.45) is 5.46. The second-order valence-corrected chi connectivity index (χ2v) is 10.2. The zero-order chi connectivity index (χ0) is 22.0. The number of pyridine rings is 1. The Morgan fingerprint density at radius 2 is 1.81 bits per heavy atom. The van der Waals surface area contributed by atoms with Crippen LogP contribution in [0.25, 0.3) is 32.6 Å². The summed E-state index contributed by atoms with van der Waals surface area (Å²) >= 11 is 0.294. The van der Waals surface area contributed by atoms with Crippen molar-refractivity contribution in [3.63, 3.8) is 0 Å². The zero-order valence-electron chi connectivity index (χ0n) is 17.8.